The number of benzene rings is 2. The number of halogens is 1. The molecule has 0 aliphatic rings. The SMILES string of the molecule is CCC(N)Cc1ccc(Br)cc1N(C)c1ccccc1. The van der Waals surface area contributed by atoms with Crippen LogP contribution in [0.15, 0.2) is 53.0 Å². The zero-order chi connectivity index (χ0) is 14.5. The molecule has 0 spiro atoms. The highest BCUT2D eigenvalue weighted by Crippen LogP contribution is 2.30. The second kappa shape index (κ2) is 6.91. The second-order valence-electron chi connectivity index (χ2n) is 5.04. The van der Waals surface area contributed by atoms with Crippen molar-refractivity contribution in [1.29, 1.82) is 0 Å². The van der Waals surface area contributed by atoms with Gasteiger partial charge in [-0.05, 0) is 42.7 Å². The first kappa shape index (κ1) is 15.1. The summed E-state index contributed by atoms with van der Waals surface area (Å²) in [5, 5.41) is 0. The van der Waals surface area contributed by atoms with Crippen LogP contribution in [0.5, 0.6) is 0 Å². The Morgan fingerprint density at radius 2 is 1.85 bits per heavy atom. The summed E-state index contributed by atoms with van der Waals surface area (Å²) in [6, 6.07) is 17.0. The van der Waals surface area contributed by atoms with E-state index in [1.54, 1.807) is 0 Å². The molecule has 20 heavy (non-hydrogen) atoms. The Labute approximate surface area is 129 Å². The maximum absolute atomic E-state index is 6.12. The van der Waals surface area contributed by atoms with Gasteiger partial charge in [-0.1, -0.05) is 47.1 Å². The summed E-state index contributed by atoms with van der Waals surface area (Å²) in [4.78, 5) is 2.21. The highest BCUT2D eigenvalue weighted by atomic mass is 79.9. The molecule has 3 heteroatoms. The van der Waals surface area contributed by atoms with Gasteiger partial charge in [0.05, 0.1) is 0 Å². The van der Waals surface area contributed by atoms with Crippen LogP contribution in [0.4, 0.5) is 11.4 Å². The number of hydrogen-bond donors (Lipinski definition) is 1. The normalized spacial score (nSPS) is 12.2. The molecule has 0 heterocycles. The van der Waals surface area contributed by atoms with Gasteiger partial charge in [0.25, 0.3) is 0 Å². The first-order chi connectivity index (χ1) is 9.61. The monoisotopic (exact) mass is 332 g/mol. The van der Waals surface area contributed by atoms with Gasteiger partial charge in [0.1, 0.15) is 0 Å². The summed E-state index contributed by atoms with van der Waals surface area (Å²) in [5.74, 6) is 0. The van der Waals surface area contributed by atoms with Gasteiger partial charge in [-0.25, -0.2) is 0 Å². The van der Waals surface area contributed by atoms with E-state index in [1.807, 2.05) is 6.07 Å². The van der Waals surface area contributed by atoms with Gasteiger partial charge >= 0.3 is 0 Å². The first-order valence-electron chi connectivity index (χ1n) is 6.94. The van der Waals surface area contributed by atoms with Crippen LogP contribution in [0.1, 0.15) is 18.9 Å². The summed E-state index contributed by atoms with van der Waals surface area (Å²) in [6.07, 6.45) is 1.89. The summed E-state index contributed by atoms with van der Waals surface area (Å²) in [7, 11) is 2.10. The molecule has 2 nitrogen and oxygen atoms in total. The van der Waals surface area contributed by atoms with Crippen LogP contribution in [-0.2, 0) is 6.42 Å². The van der Waals surface area contributed by atoms with Gasteiger partial charge in [-0.3, -0.25) is 0 Å². The van der Waals surface area contributed by atoms with E-state index in [4.69, 9.17) is 5.73 Å². The van der Waals surface area contributed by atoms with Crippen molar-refractivity contribution in [2.75, 3.05) is 11.9 Å². The van der Waals surface area contributed by atoms with Crippen molar-refractivity contribution in [3.05, 3.63) is 58.6 Å². The zero-order valence-corrected chi connectivity index (χ0v) is 13.6. The molecular weight excluding hydrogens is 312 g/mol. The molecule has 2 N–H and O–H groups in total. The van der Waals surface area contributed by atoms with E-state index in [0.717, 1.165) is 17.3 Å². The number of anilines is 2. The van der Waals surface area contributed by atoms with Crippen molar-refractivity contribution >= 4 is 27.3 Å². The molecule has 2 aromatic carbocycles. The largest absolute Gasteiger partial charge is 0.344 e. The molecule has 2 aromatic rings. The van der Waals surface area contributed by atoms with Crippen LogP contribution in [0, 0.1) is 0 Å². The first-order valence-corrected chi connectivity index (χ1v) is 7.74. The molecule has 0 aliphatic heterocycles. The molecular formula is C17H21BrN2. The van der Waals surface area contributed by atoms with E-state index < -0.39 is 0 Å². The third-order valence-corrected chi connectivity index (χ3v) is 4.05. The Bertz CT molecular complexity index is 554. The van der Waals surface area contributed by atoms with Crippen molar-refractivity contribution < 1.29 is 0 Å². The fourth-order valence-corrected chi connectivity index (χ4v) is 2.59. The molecule has 0 radical (unpaired) electrons. The topological polar surface area (TPSA) is 29.3 Å². The lowest BCUT2D eigenvalue weighted by Gasteiger charge is -2.24. The average molecular weight is 333 g/mol. The smallest absolute Gasteiger partial charge is 0.0452 e. The van der Waals surface area contributed by atoms with Crippen molar-refractivity contribution in [3.8, 4) is 0 Å². The highest BCUT2D eigenvalue weighted by molar-refractivity contribution is 9.10. The molecule has 0 fully saturated rings. The third kappa shape index (κ3) is 3.62. The molecule has 0 amide bonds. The number of nitrogens with two attached hydrogens (primary N) is 1. The highest BCUT2D eigenvalue weighted by Gasteiger charge is 2.12. The van der Waals surface area contributed by atoms with Crippen molar-refractivity contribution in [1.82, 2.24) is 0 Å². The molecule has 0 saturated carbocycles. The Balaban J connectivity index is 2.36. The van der Waals surface area contributed by atoms with E-state index in [1.165, 1.54) is 16.9 Å². The van der Waals surface area contributed by atoms with Crippen LogP contribution in [0.25, 0.3) is 0 Å². The minimum absolute atomic E-state index is 0.207. The second-order valence-corrected chi connectivity index (χ2v) is 5.96. The Kier molecular flexibility index (Phi) is 5.21. The van der Waals surface area contributed by atoms with E-state index >= 15 is 0 Å². The molecule has 0 bridgehead atoms. The van der Waals surface area contributed by atoms with Crippen molar-refractivity contribution in [2.45, 2.75) is 25.8 Å². The van der Waals surface area contributed by atoms with E-state index in [-0.39, 0.29) is 6.04 Å². The van der Waals surface area contributed by atoms with Gasteiger partial charge in [-0.15, -0.1) is 0 Å². The lowest BCUT2D eigenvalue weighted by atomic mass is 10.0. The van der Waals surface area contributed by atoms with Crippen LogP contribution < -0.4 is 10.6 Å². The Morgan fingerprint density at radius 1 is 1.15 bits per heavy atom. The predicted molar refractivity (Wildman–Crippen MR) is 90.6 cm³/mol. The number of nitrogens with zero attached hydrogens (tertiary/aromatic N) is 1. The van der Waals surface area contributed by atoms with Crippen LogP contribution in [0.2, 0.25) is 0 Å². The molecule has 0 aliphatic carbocycles. The Hall–Kier alpha value is -1.32. The van der Waals surface area contributed by atoms with Gasteiger partial charge in [0.15, 0.2) is 0 Å². The molecule has 106 valence electrons. The third-order valence-electron chi connectivity index (χ3n) is 3.56. The molecule has 0 saturated heterocycles. The summed E-state index contributed by atoms with van der Waals surface area (Å²) >= 11 is 3.56. The number of para-hydroxylation sites is 1. The van der Waals surface area contributed by atoms with E-state index in [2.05, 4.69) is 77.3 Å². The fraction of sp³-hybridized carbons (Fsp3) is 0.294. The van der Waals surface area contributed by atoms with Gasteiger partial charge < -0.3 is 10.6 Å². The lowest BCUT2D eigenvalue weighted by Crippen LogP contribution is -2.23. The van der Waals surface area contributed by atoms with Crippen molar-refractivity contribution in [2.24, 2.45) is 5.73 Å². The number of rotatable bonds is 5. The van der Waals surface area contributed by atoms with E-state index in [0.29, 0.717) is 0 Å². The van der Waals surface area contributed by atoms with Gasteiger partial charge in [-0.2, -0.15) is 0 Å². The summed E-state index contributed by atoms with van der Waals surface area (Å²) in [5.41, 5.74) is 9.79. The van der Waals surface area contributed by atoms with Gasteiger partial charge in [0, 0.05) is 28.9 Å². The fourth-order valence-electron chi connectivity index (χ4n) is 2.24. The molecule has 0 aromatic heterocycles. The lowest BCUT2D eigenvalue weighted by molar-refractivity contribution is 0.646. The molecule has 2 rings (SSSR count). The molecule has 1 unspecified atom stereocenters. The molecule has 1 atom stereocenters. The minimum Gasteiger partial charge on any atom is -0.344 e. The predicted octanol–water partition coefficient (Wildman–Crippen LogP) is 4.50. The minimum atomic E-state index is 0.207. The zero-order valence-electron chi connectivity index (χ0n) is 12.0. The Morgan fingerprint density at radius 3 is 2.50 bits per heavy atom. The maximum atomic E-state index is 6.12. The maximum Gasteiger partial charge on any atom is 0.0452 e. The standard InChI is InChI=1S/C17H21BrN2/c1-3-15(19)11-13-9-10-14(18)12-17(13)20(2)16-7-5-4-6-8-16/h4-10,12,15H,3,11,19H2,1-2H3. The van der Waals surface area contributed by atoms with Crippen LogP contribution in [0.3, 0.4) is 0 Å². The van der Waals surface area contributed by atoms with E-state index in [9.17, 15) is 0 Å². The van der Waals surface area contributed by atoms with Crippen LogP contribution in [-0.4, -0.2) is 13.1 Å². The van der Waals surface area contributed by atoms with Crippen LogP contribution >= 0.6 is 15.9 Å². The number of hydrogen-bond acceptors (Lipinski definition) is 2. The summed E-state index contributed by atoms with van der Waals surface area (Å²) in [6.45, 7) is 2.13. The average Bonchev–Trinajstić information content (AvgIpc) is 2.49. The quantitative estimate of drug-likeness (QED) is 0.873. The van der Waals surface area contributed by atoms with Gasteiger partial charge in [0.2, 0.25) is 0 Å². The van der Waals surface area contributed by atoms with Crippen molar-refractivity contribution in [3.63, 3.8) is 0 Å². The summed E-state index contributed by atoms with van der Waals surface area (Å²) < 4.78 is 1.09.